The summed E-state index contributed by atoms with van der Waals surface area (Å²) >= 11 is 1.29. The van der Waals surface area contributed by atoms with Crippen LogP contribution in [0.3, 0.4) is 0 Å². The van der Waals surface area contributed by atoms with E-state index in [1.54, 1.807) is 25.2 Å². The maximum atomic E-state index is 12.4. The third-order valence-electron chi connectivity index (χ3n) is 3.57. The fraction of sp³-hybridized carbons (Fsp3) is 0.118. The summed E-state index contributed by atoms with van der Waals surface area (Å²) in [5.74, 6) is -1.10. The number of carboxylic acid groups (broad SMARTS) is 1. The van der Waals surface area contributed by atoms with Crippen LogP contribution >= 0.6 is 11.8 Å². The number of para-hydroxylation sites is 3. The number of fused-ring (bicyclic) bond motifs is 1. The summed E-state index contributed by atoms with van der Waals surface area (Å²) < 4.78 is 0. The number of aromatic nitrogens is 2. The molecule has 1 amide bonds. The van der Waals surface area contributed by atoms with Crippen LogP contribution in [0.15, 0.2) is 53.7 Å². The van der Waals surface area contributed by atoms with Gasteiger partial charge in [-0.3, -0.25) is 4.79 Å². The van der Waals surface area contributed by atoms with E-state index in [4.69, 9.17) is 0 Å². The Labute approximate surface area is 142 Å². The normalized spacial score (nSPS) is 10.7. The third-order valence-corrected chi connectivity index (χ3v) is 4.43. The number of aromatic carboxylic acids is 1. The van der Waals surface area contributed by atoms with Gasteiger partial charge in [0.1, 0.15) is 0 Å². The minimum Gasteiger partial charge on any atom is -0.478 e. The predicted molar refractivity (Wildman–Crippen MR) is 93.6 cm³/mol. The number of carbonyl (C=O) groups is 2. The van der Waals surface area contributed by atoms with Gasteiger partial charge in [-0.25, -0.2) is 9.78 Å². The van der Waals surface area contributed by atoms with E-state index in [2.05, 4.69) is 9.97 Å². The number of H-pyrrole nitrogens is 1. The van der Waals surface area contributed by atoms with Crippen LogP contribution in [0.2, 0.25) is 0 Å². The van der Waals surface area contributed by atoms with Gasteiger partial charge in [0.15, 0.2) is 5.16 Å². The van der Waals surface area contributed by atoms with Crippen molar-refractivity contribution in [2.24, 2.45) is 0 Å². The van der Waals surface area contributed by atoms with Crippen LogP contribution in [0.1, 0.15) is 10.4 Å². The second-order valence-electron chi connectivity index (χ2n) is 5.12. The van der Waals surface area contributed by atoms with E-state index < -0.39 is 5.97 Å². The standard InChI is InChI=1S/C17H15N3O3S/c1-20(14-9-5-2-6-11(14)16(22)23)15(21)10-24-17-18-12-7-3-4-8-13(12)19-17/h2-9H,10H2,1H3,(H,18,19)(H,22,23). The molecule has 1 aromatic heterocycles. The van der Waals surface area contributed by atoms with E-state index in [1.165, 1.54) is 22.7 Å². The van der Waals surface area contributed by atoms with Crippen LogP contribution in [0.25, 0.3) is 11.0 Å². The minimum atomic E-state index is -1.06. The lowest BCUT2D eigenvalue weighted by atomic mass is 10.1. The van der Waals surface area contributed by atoms with Crippen LogP contribution in [0.5, 0.6) is 0 Å². The second kappa shape index (κ2) is 6.76. The lowest BCUT2D eigenvalue weighted by molar-refractivity contribution is -0.115. The average Bonchev–Trinajstić information content (AvgIpc) is 3.02. The lowest BCUT2D eigenvalue weighted by Gasteiger charge is -2.18. The second-order valence-corrected chi connectivity index (χ2v) is 6.09. The molecule has 0 aliphatic rings. The Balaban J connectivity index is 1.71. The zero-order valence-electron chi connectivity index (χ0n) is 12.9. The first kappa shape index (κ1) is 16.1. The third kappa shape index (κ3) is 3.26. The van der Waals surface area contributed by atoms with Gasteiger partial charge in [0.25, 0.3) is 0 Å². The molecule has 0 aliphatic carbocycles. The van der Waals surface area contributed by atoms with Gasteiger partial charge < -0.3 is 15.0 Å². The van der Waals surface area contributed by atoms with Crippen molar-refractivity contribution in [1.29, 1.82) is 0 Å². The first-order valence-electron chi connectivity index (χ1n) is 7.22. The Morgan fingerprint density at radius 3 is 2.62 bits per heavy atom. The molecule has 0 fully saturated rings. The fourth-order valence-electron chi connectivity index (χ4n) is 2.31. The highest BCUT2D eigenvalue weighted by molar-refractivity contribution is 7.99. The molecular formula is C17H15N3O3S. The maximum Gasteiger partial charge on any atom is 0.337 e. The molecule has 0 saturated carbocycles. The van der Waals surface area contributed by atoms with Crippen LogP contribution in [0, 0.1) is 0 Å². The van der Waals surface area contributed by atoms with Crippen LogP contribution in [-0.4, -0.2) is 39.8 Å². The van der Waals surface area contributed by atoms with Crippen molar-refractivity contribution in [2.75, 3.05) is 17.7 Å². The summed E-state index contributed by atoms with van der Waals surface area (Å²) in [7, 11) is 1.57. The number of hydrogen-bond donors (Lipinski definition) is 2. The fourth-order valence-corrected chi connectivity index (χ4v) is 3.10. The number of carboxylic acids is 1. The first-order valence-corrected chi connectivity index (χ1v) is 8.21. The number of carbonyl (C=O) groups excluding carboxylic acids is 1. The molecule has 3 rings (SSSR count). The Hall–Kier alpha value is -2.80. The van der Waals surface area contributed by atoms with Crippen molar-refractivity contribution < 1.29 is 14.7 Å². The molecule has 0 atom stereocenters. The van der Waals surface area contributed by atoms with Gasteiger partial charge in [-0.15, -0.1) is 0 Å². The number of imidazole rings is 1. The molecule has 0 bridgehead atoms. The van der Waals surface area contributed by atoms with Crippen LogP contribution in [-0.2, 0) is 4.79 Å². The molecule has 3 aromatic rings. The number of rotatable bonds is 5. The number of nitrogens with one attached hydrogen (secondary N) is 1. The predicted octanol–water partition coefficient (Wildman–Crippen LogP) is 3.02. The zero-order valence-corrected chi connectivity index (χ0v) is 13.7. The molecular weight excluding hydrogens is 326 g/mol. The largest absolute Gasteiger partial charge is 0.478 e. The molecule has 0 unspecified atom stereocenters. The molecule has 1 heterocycles. The van der Waals surface area contributed by atoms with Crippen molar-refractivity contribution in [2.45, 2.75) is 5.16 Å². The molecule has 0 radical (unpaired) electrons. The topological polar surface area (TPSA) is 86.3 Å². The molecule has 24 heavy (non-hydrogen) atoms. The van der Waals surface area contributed by atoms with E-state index in [-0.39, 0.29) is 17.2 Å². The van der Waals surface area contributed by atoms with Gasteiger partial charge in [0, 0.05) is 7.05 Å². The van der Waals surface area contributed by atoms with Gasteiger partial charge in [-0.1, -0.05) is 36.0 Å². The summed E-state index contributed by atoms with van der Waals surface area (Å²) in [6.45, 7) is 0. The van der Waals surface area contributed by atoms with E-state index in [0.717, 1.165) is 11.0 Å². The Morgan fingerprint density at radius 2 is 1.88 bits per heavy atom. The van der Waals surface area contributed by atoms with Crippen molar-refractivity contribution in [3.05, 3.63) is 54.1 Å². The van der Waals surface area contributed by atoms with Crippen molar-refractivity contribution in [3.63, 3.8) is 0 Å². The molecule has 7 heteroatoms. The molecule has 0 saturated heterocycles. The van der Waals surface area contributed by atoms with Gasteiger partial charge >= 0.3 is 5.97 Å². The Kier molecular flexibility index (Phi) is 4.52. The smallest absolute Gasteiger partial charge is 0.337 e. The summed E-state index contributed by atoms with van der Waals surface area (Å²) in [6, 6.07) is 14.1. The Morgan fingerprint density at radius 1 is 1.17 bits per heavy atom. The van der Waals surface area contributed by atoms with Crippen LogP contribution in [0.4, 0.5) is 5.69 Å². The molecule has 2 N–H and O–H groups in total. The number of thioether (sulfide) groups is 1. The zero-order chi connectivity index (χ0) is 17.1. The summed E-state index contributed by atoms with van der Waals surface area (Å²) in [5.41, 5.74) is 2.23. The molecule has 0 spiro atoms. The maximum absolute atomic E-state index is 12.4. The summed E-state index contributed by atoms with van der Waals surface area (Å²) in [5, 5.41) is 9.88. The highest BCUT2D eigenvalue weighted by atomic mass is 32.2. The van der Waals surface area contributed by atoms with Gasteiger partial charge in [-0.05, 0) is 24.3 Å². The minimum absolute atomic E-state index is 0.0992. The van der Waals surface area contributed by atoms with E-state index in [0.29, 0.717) is 10.8 Å². The number of amides is 1. The molecule has 0 aliphatic heterocycles. The van der Waals surface area contributed by atoms with Gasteiger partial charge in [-0.2, -0.15) is 0 Å². The Bertz CT molecular complexity index is 874. The lowest BCUT2D eigenvalue weighted by Crippen LogP contribution is -2.29. The molecule has 122 valence electrons. The average molecular weight is 341 g/mol. The molecule has 2 aromatic carbocycles. The number of aromatic amines is 1. The summed E-state index contributed by atoms with van der Waals surface area (Å²) in [4.78, 5) is 32.6. The monoisotopic (exact) mass is 341 g/mol. The van der Waals surface area contributed by atoms with E-state index in [1.807, 2.05) is 24.3 Å². The number of benzene rings is 2. The van der Waals surface area contributed by atoms with Crippen molar-refractivity contribution >= 4 is 40.4 Å². The summed E-state index contributed by atoms with van der Waals surface area (Å²) in [6.07, 6.45) is 0. The first-order chi connectivity index (χ1) is 11.6. The SMILES string of the molecule is CN(C(=O)CSc1nc2ccccc2[nH]1)c1ccccc1C(=O)O. The highest BCUT2D eigenvalue weighted by Gasteiger charge is 2.18. The van der Waals surface area contributed by atoms with Crippen molar-refractivity contribution in [1.82, 2.24) is 9.97 Å². The van der Waals surface area contributed by atoms with Gasteiger partial charge in [0.05, 0.1) is 28.0 Å². The number of nitrogens with zero attached hydrogens (tertiary/aromatic N) is 2. The van der Waals surface area contributed by atoms with E-state index >= 15 is 0 Å². The molecule has 6 nitrogen and oxygen atoms in total. The van der Waals surface area contributed by atoms with Gasteiger partial charge in [0.2, 0.25) is 5.91 Å². The van der Waals surface area contributed by atoms with Crippen molar-refractivity contribution in [3.8, 4) is 0 Å². The quantitative estimate of drug-likeness (QED) is 0.697. The van der Waals surface area contributed by atoms with E-state index in [9.17, 15) is 14.7 Å². The number of anilines is 1. The number of hydrogen-bond acceptors (Lipinski definition) is 4. The highest BCUT2D eigenvalue weighted by Crippen LogP contribution is 2.23. The van der Waals surface area contributed by atoms with Crippen LogP contribution < -0.4 is 4.90 Å².